The Morgan fingerprint density at radius 3 is 2.32 bits per heavy atom. The average Bonchev–Trinajstić information content (AvgIpc) is 2.35. The third-order valence-corrected chi connectivity index (χ3v) is 4.58. The molecule has 0 aliphatic rings. The van der Waals surface area contributed by atoms with Gasteiger partial charge in [-0.25, -0.2) is 13.1 Å². The van der Waals surface area contributed by atoms with Crippen molar-refractivity contribution in [3.63, 3.8) is 0 Å². The molecule has 0 saturated heterocycles. The SMILES string of the molecule is CC[C@H](C)[C@@H](NS(=O)(=O)c1ccc(Cl)cc1)C(=O)[O-]. The Morgan fingerprint density at radius 1 is 1.37 bits per heavy atom. The van der Waals surface area contributed by atoms with E-state index in [2.05, 4.69) is 4.72 Å². The van der Waals surface area contributed by atoms with E-state index in [4.69, 9.17) is 11.6 Å². The monoisotopic (exact) mass is 304 g/mol. The highest BCUT2D eigenvalue weighted by molar-refractivity contribution is 7.89. The van der Waals surface area contributed by atoms with Crippen LogP contribution < -0.4 is 9.83 Å². The van der Waals surface area contributed by atoms with Gasteiger partial charge in [0, 0.05) is 5.02 Å². The van der Waals surface area contributed by atoms with Crippen molar-refractivity contribution in [2.75, 3.05) is 0 Å². The number of carboxylic acids is 1. The lowest BCUT2D eigenvalue weighted by atomic mass is 10.0. The molecule has 0 radical (unpaired) electrons. The van der Waals surface area contributed by atoms with E-state index in [0.717, 1.165) is 0 Å². The minimum absolute atomic E-state index is 0.0357. The molecule has 1 aromatic rings. The van der Waals surface area contributed by atoms with Crippen LogP contribution in [0.3, 0.4) is 0 Å². The van der Waals surface area contributed by atoms with Crippen LogP contribution in [0, 0.1) is 5.92 Å². The predicted molar refractivity (Wildman–Crippen MR) is 70.0 cm³/mol. The van der Waals surface area contributed by atoms with Gasteiger partial charge in [-0.05, 0) is 30.2 Å². The number of hydrogen-bond donors (Lipinski definition) is 1. The van der Waals surface area contributed by atoms with Gasteiger partial charge >= 0.3 is 0 Å². The number of carboxylic acid groups (broad SMARTS) is 1. The van der Waals surface area contributed by atoms with Gasteiger partial charge in [-0.15, -0.1) is 0 Å². The molecule has 7 heteroatoms. The summed E-state index contributed by atoms with van der Waals surface area (Å²) in [6, 6.07) is 4.22. The van der Waals surface area contributed by atoms with E-state index in [1.54, 1.807) is 13.8 Å². The van der Waals surface area contributed by atoms with Crippen LogP contribution in [0.2, 0.25) is 5.02 Å². The fourth-order valence-corrected chi connectivity index (χ4v) is 2.90. The molecule has 0 amide bonds. The number of sulfonamides is 1. The highest BCUT2D eigenvalue weighted by Crippen LogP contribution is 2.16. The number of nitrogens with one attached hydrogen (secondary N) is 1. The lowest BCUT2D eigenvalue weighted by Gasteiger charge is -2.24. The molecule has 0 unspecified atom stereocenters. The Kier molecular flexibility index (Phi) is 5.34. The topological polar surface area (TPSA) is 86.3 Å². The van der Waals surface area contributed by atoms with Crippen molar-refractivity contribution >= 4 is 27.6 Å². The molecular weight excluding hydrogens is 290 g/mol. The van der Waals surface area contributed by atoms with E-state index >= 15 is 0 Å². The molecule has 0 saturated carbocycles. The van der Waals surface area contributed by atoms with Gasteiger partial charge in [0.25, 0.3) is 0 Å². The van der Waals surface area contributed by atoms with E-state index in [1.165, 1.54) is 24.3 Å². The van der Waals surface area contributed by atoms with Gasteiger partial charge < -0.3 is 9.90 Å². The van der Waals surface area contributed by atoms with Crippen LogP contribution >= 0.6 is 11.6 Å². The van der Waals surface area contributed by atoms with Crippen LogP contribution in [-0.2, 0) is 14.8 Å². The number of benzene rings is 1. The Bertz CT molecular complexity index is 541. The number of carbonyl (C=O) groups is 1. The van der Waals surface area contributed by atoms with E-state index in [-0.39, 0.29) is 10.8 Å². The third-order valence-electron chi connectivity index (χ3n) is 2.87. The maximum absolute atomic E-state index is 12.0. The smallest absolute Gasteiger partial charge is 0.241 e. The molecule has 1 N–H and O–H groups in total. The second kappa shape index (κ2) is 6.36. The van der Waals surface area contributed by atoms with E-state index in [9.17, 15) is 18.3 Å². The molecule has 106 valence electrons. The summed E-state index contributed by atoms with van der Waals surface area (Å²) in [4.78, 5) is 11.0. The Labute approximate surface area is 117 Å². The Hall–Kier alpha value is -1.11. The molecule has 0 bridgehead atoms. The normalized spacial score (nSPS) is 14.9. The lowest BCUT2D eigenvalue weighted by molar-refractivity contribution is -0.309. The second-order valence-electron chi connectivity index (χ2n) is 4.26. The fraction of sp³-hybridized carbons (Fsp3) is 0.417. The molecule has 0 fully saturated rings. The van der Waals surface area contributed by atoms with Crippen molar-refractivity contribution in [1.29, 1.82) is 0 Å². The summed E-state index contributed by atoms with van der Waals surface area (Å²) in [6.45, 7) is 3.42. The van der Waals surface area contributed by atoms with Crippen LogP contribution in [0.4, 0.5) is 0 Å². The van der Waals surface area contributed by atoms with Crippen molar-refractivity contribution in [2.24, 2.45) is 5.92 Å². The molecule has 0 aromatic heterocycles. The van der Waals surface area contributed by atoms with Gasteiger partial charge in [-0.1, -0.05) is 31.9 Å². The van der Waals surface area contributed by atoms with E-state index < -0.39 is 22.0 Å². The van der Waals surface area contributed by atoms with Crippen LogP contribution in [0.25, 0.3) is 0 Å². The van der Waals surface area contributed by atoms with Crippen LogP contribution in [-0.4, -0.2) is 20.4 Å². The van der Waals surface area contributed by atoms with Crippen molar-refractivity contribution in [3.8, 4) is 0 Å². The summed E-state index contributed by atoms with van der Waals surface area (Å²) in [6.07, 6.45) is 0.516. The molecule has 0 heterocycles. The Morgan fingerprint density at radius 2 is 1.89 bits per heavy atom. The zero-order valence-corrected chi connectivity index (χ0v) is 12.2. The molecule has 1 aromatic carbocycles. The van der Waals surface area contributed by atoms with Gasteiger partial charge in [-0.2, -0.15) is 0 Å². The third kappa shape index (κ3) is 4.19. The van der Waals surface area contributed by atoms with Gasteiger partial charge in [0.05, 0.1) is 16.9 Å². The summed E-state index contributed by atoms with van der Waals surface area (Å²) >= 11 is 5.67. The molecular formula is C12H15ClNO4S-. The molecule has 19 heavy (non-hydrogen) atoms. The van der Waals surface area contributed by atoms with Gasteiger partial charge in [-0.3, -0.25) is 0 Å². The van der Waals surface area contributed by atoms with Crippen molar-refractivity contribution in [1.82, 2.24) is 4.72 Å². The predicted octanol–water partition coefficient (Wildman–Crippen LogP) is 0.783. The average molecular weight is 305 g/mol. The first-order valence-electron chi connectivity index (χ1n) is 5.76. The molecule has 0 spiro atoms. The summed E-state index contributed by atoms with van der Waals surface area (Å²) in [5.74, 6) is -1.81. The molecule has 1 rings (SSSR count). The highest BCUT2D eigenvalue weighted by atomic mass is 35.5. The first-order chi connectivity index (χ1) is 8.77. The lowest BCUT2D eigenvalue weighted by Crippen LogP contribution is -2.51. The summed E-state index contributed by atoms with van der Waals surface area (Å²) in [7, 11) is -3.91. The number of rotatable bonds is 6. The molecule has 0 aliphatic heterocycles. The minimum atomic E-state index is -3.91. The van der Waals surface area contributed by atoms with Crippen molar-refractivity contribution in [3.05, 3.63) is 29.3 Å². The number of hydrogen-bond acceptors (Lipinski definition) is 4. The second-order valence-corrected chi connectivity index (χ2v) is 6.41. The van der Waals surface area contributed by atoms with Crippen LogP contribution in [0.5, 0.6) is 0 Å². The molecule has 5 nitrogen and oxygen atoms in total. The maximum Gasteiger partial charge on any atom is 0.241 e. The van der Waals surface area contributed by atoms with Gasteiger partial charge in [0.15, 0.2) is 0 Å². The summed E-state index contributed by atoms with van der Waals surface area (Å²) in [5.41, 5.74) is 0. The largest absolute Gasteiger partial charge is 0.548 e. The first kappa shape index (κ1) is 15.9. The molecule has 0 aliphatic carbocycles. The van der Waals surface area contributed by atoms with Gasteiger partial charge in [0.1, 0.15) is 0 Å². The zero-order chi connectivity index (χ0) is 14.6. The van der Waals surface area contributed by atoms with Crippen molar-refractivity contribution in [2.45, 2.75) is 31.2 Å². The summed E-state index contributed by atoms with van der Waals surface area (Å²) < 4.78 is 26.2. The number of aliphatic carboxylic acids is 1. The highest BCUT2D eigenvalue weighted by Gasteiger charge is 2.24. The van der Waals surface area contributed by atoms with Crippen molar-refractivity contribution < 1.29 is 18.3 Å². The Balaban J connectivity index is 3.00. The maximum atomic E-state index is 12.0. The summed E-state index contributed by atoms with van der Waals surface area (Å²) in [5, 5.41) is 11.4. The number of halogens is 1. The van der Waals surface area contributed by atoms with E-state index in [1.807, 2.05) is 0 Å². The first-order valence-corrected chi connectivity index (χ1v) is 7.62. The van der Waals surface area contributed by atoms with E-state index in [0.29, 0.717) is 11.4 Å². The van der Waals surface area contributed by atoms with Crippen LogP contribution in [0.1, 0.15) is 20.3 Å². The standard InChI is InChI=1S/C12H16ClNO4S/c1-3-8(2)11(12(15)16)14-19(17,18)10-6-4-9(13)5-7-10/h4-8,11,14H,3H2,1-2H3,(H,15,16)/p-1/t8-,11+/m0/s1. The number of carbonyl (C=O) groups excluding carboxylic acids is 1. The van der Waals surface area contributed by atoms with Gasteiger partial charge in [0.2, 0.25) is 10.0 Å². The fourth-order valence-electron chi connectivity index (χ4n) is 1.48. The van der Waals surface area contributed by atoms with Crippen LogP contribution in [0.15, 0.2) is 29.2 Å². The molecule has 2 atom stereocenters. The minimum Gasteiger partial charge on any atom is -0.548 e. The zero-order valence-electron chi connectivity index (χ0n) is 10.6. The quantitative estimate of drug-likeness (QED) is 0.841.